The first-order valence-electron chi connectivity index (χ1n) is 6.33. The van der Waals surface area contributed by atoms with Gasteiger partial charge >= 0.3 is 0 Å². The number of hydrogen-bond donors (Lipinski definition) is 1. The Morgan fingerprint density at radius 3 is 2.65 bits per heavy atom. The topological polar surface area (TPSA) is 24.5 Å². The van der Waals surface area contributed by atoms with E-state index in [4.69, 9.17) is 4.74 Å². The van der Waals surface area contributed by atoms with Crippen LogP contribution in [-0.4, -0.2) is 37.7 Å². The molecule has 17 heavy (non-hydrogen) atoms. The number of nitrogens with one attached hydrogen (secondary N) is 1. The van der Waals surface area contributed by atoms with Crippen LogP contribution in [0.15, 0.2) is 18.2 Å². The number of rotatable bonds is 5. The Morgan fingerprint density at radius 2 is 2.18 bits per heavy atom. The fraction of sp³-hybridized carbons (Fsp3) is 0.571. The van der Waals surface area contributed by atoms with Crippen LogP contribution in [-0.2, 0) is 6.54 Å². The number of methoxy groups -OCH3 is 1. The SMILES string of the molecule is CCN(Cc1ccc(OC)c(C)c1)C1CNC1. The summed E-state index contributed by atoms with van der Waals surface area (Å²) in [7, 11) is 1.72. The van der Waals surface area contributed by atoms with Gasteiger partial charge in [0.2, 0.25) is 0 Å². The lowest BCUT2D eigenvalue weighted by molar-refractivity contribution is 0.145. The minimum absolute atomic E-state index is 0.711. The molecule has 0 aliphatic carbocycles. The normalized spacial score (nSPS) is 16.0. The third-order valence-electron chi connectivity index (χ3n) is 3.53. The first-order chi connectivity index (χ1) is 8.24. The number of likely N-dealkylation sites (N-methyl/N-ethyl adjacent to an activating group) is 1. The highest BCUT2D eigenvalue weighted by Crippen LogP contribution is 2.20. The quantitative estimate of drug-likeness (QED) is 0.840. The van der Waals surface area contributed by atoms with Crippen molar-refractivity contribution in [3.63, 3.8) is 0 Å². The van der Waals surface area contributed by atoms with Crippen LogP contribution in [0.1, 0.15) is 18.1 Å². The molecule has 1 fully saturated rings. The van der Waals surface area contributed by atoms with Crippen molar-refractivity contribution < 1.29 is 4.74 Å². The van der Waals surface area contributed by atoms with Gasteiger partial charge in [-0.25, -0.2) is 0 Å². The van der Waals surface area contributed by atoms with Gasteiger partial charge in [0.25, 0.3) is 0 Å². The molecule has 3 heteroatoms. The van der Waals surface area contributed by atoms with Crippen molar-refractivity contribution in [1.82, 2.24) is 10.2 Å². The fourth-order valence-electron chi connectivity index (χ4n) is 2.30. The summed E-state index contributed by atoms with van der Waals surface area (Å²) < 4.78 is 5.29. The highest BCUT2D eigenvalue weighted by atomic mass is 16.5. The molecule has 1 aromatic rings. The van der Waals surface area contributed by atoms with Crippen LogP contribution in [0.25, 0.3) is 0 Å². The average Bonchev–Trinajstić information content (AvgIpc) is 2.26. The number of ether oxygens (including phenoxy) is 1. The molecule has 1 aromatic carbocycles. The van der Waals surface area contributed by atoms with E-state index in [1.165, 1.54) is 11.1 Å². The molecule has 1 saturated heterocycles. The lowest BCUT2D eigenvalue weighted by Gasteiger charge is -2.37. The molecule has 94 valence electrons. The second-order valence-electron chi connectivity index (χ2n) is 4.68. The Labute approximate surface area is 104 Å². The minimum Gasteiger partial charge on any atom is -0.496 e. The summed E-state index contributed by atoms with van der Waals surface area (Å²) in [5, 5.41) is 3.33. The molecule has 0 amide bonds. The zero-order valence-electron chi connectivity index (χ0n) is 11.0. The molecule has 1 aliphatic heterocycles. The van der Waals surface area contributed by atoms with E-state index in [1.54, 1.807) is 7.11 Å². The molecule has 0 unspecified atom stereocenters. The number of benzene rings is 1. The Hall–Kier alpha value is -1.06. The third kappa shape index (κ3) is 2.79. The zero-order chi connectivity index (χ0) is 12.3. The summed E-state index contributed by atoms with van der Waals surface area (Å²) in [4.78, 5) is 2.53. The van der Waals surface area contributed by atoms with E-state index in [0.29, 0.717) is 6.04 Å². The van der Waals surface area contributed by atoms with E-state index in [1.807, 2.05) is 0 Å². The lowest BCUT2D eigenvalue weighted by Crippen LogP contribution is -2.56. The van der Waals surface area contributed by atoms with E-state index in [9.17, 15) is 0 Å². The highest BCUT2D eigenvalue weighted by Gasteiger charge is 2.23. The van der Waals surface area contributed by atoms with Crippen LogP contribution in [0.3, 0.4) is 0 Å². The highest BCUT2D eigenvalue weighted by molar-refractivity contribution is 5.36. The molecule has 0 aromatic heterocycles. The van der Waals surface area contributed by atoms with Gasteiger partial charge in [-0.15, -0.1) is 0 Å². The van der Waals surface area contributed by atoms with E-state index < -0.39 is 0 Å². The predicted molar refractivity (Wildman–Crippen MR) is 70.5 cm³/mol. The Morgan fingerprint density at radius 1 is 1.41 bits per heavy atom. The Bertz CT molecular complexity index is 374. The second-order valence-corrected chi connectivity index (χ2v) is 4.68. The van der Waals surface area contributed by atoms with Crippen molar-refractivity contribution in [2.45, 2.75) is 26.4 Å². The summed E-state index contributed by atoms with van der Waals surface area (Å²) in [5.74, 6) is 0.974. The monoisotopic (exact) mass is 234 g/mol. The van der Waals surface area contributed by atoms with Crippen LogP contribution < -0.4 is 10.1 Å². The van der Waals surface area contributed by atoms with Crippen molar-refractivity contribution in [1.29, 1.82) is 0 Å². The van der Waals surface area contributed by atoms with E-state index in [-0.39, 0.29) is 0 Å². The predicted octanol–water partition coefficient (Wildman–Crippen LogP) is 1.80. The van der Waals surface area contributed by atoms with Crippen LogP contribution in [0.4, 0.5) is 0 Å². The maximum atomic E-state index is 5.29. The van der Waals surface area contributed by atoms with Crippen LogP contribution >= 0.6 is 0 Å². The molecule has 1 N–H and O–H groups in total. The van der Waals surface area contributed by atoms with Gasteiger partial charge in [-0.05, 0) is 30.7 Å². The third-order valence-corrected chi connectivity index (χ3v) is 3.53. The standard InChI is InChI=1S/C14H22N2O/c1-4-16(13-8-15-9-13)10-12-5-6-14(17-3)11(2)7-12/h5-7,13,15H,4,8-10H2,1-3H3. The molecule has 0 spiro atoms. The zero-order valence-corrected chi connectivity index (χ0v) is 11.0. The lowest BCUT2D eigenvalue weighted by atomic mass is 10.1. The van der Waals surface area contributed by atoms with Gasteiger partial charge < -0.3 is 10.1 Å². The van der Waals surface area contributed by atoms with Gasteiger partial charge in [-0.3, -0.25) is 4.90 Å². The van der Waals surface area contributed by atoms with Gasteiger partial charge in [-0.2, -0.15) is 0 Å². The van der Waals surface area contributed by atoms with E-state index in [0.717, 1.165) is 31.9 Å². The van der Waals surface area contributed by atoms with Crippen molar-refractivity contribution >= 4 is 0 Å². The summed E-state index contributed by atoms with van der Waals surface area (Å²) in [6, 6.07) is 7.17. The molecule has 1 heterocycles. The molecular formula is C14H22N2O. The molecule has 0 saturated carbocycles. The minimum atomic E-state index is 0.711. The summed E-state index contributed by atoms with van der Waals surface area (Å²) >= 11 is 0. The molecule has 0 bridgehead atoms. The molecule has 1 aliphatic rings. The van der Waals surface area contributed by atoms with Crippen LogP contribution in [0.2, 0.25) is 0 Å². The summed E-state index contributed by atoms with van der Waals surface area (Å²) in [5.41, 5.74) is 2.59. The number of hydrogen-bond acceptors (Lipinski definition) is 3. The largest absolute Gasteiger partial charge is 0.496 e. The Balaban J connectivity index is 2.03. The second kappa shape index (κ2) is 5.52. The van der Waals surface area contributed by atoms with Crippen molar-refractivity contribution in [3.05, 3.63) is 29.3 Å². The number of aryl methyl sites for hydroxylation is 1. The van der Waals surface area contributed by atoms with Crippen LogP contribution in [0.5, 0.6) is 5.75 Å². The van der Waals surface area contributed by atoms with E-state index >= 15 is 0 Å². The summed E-state index contributed by atoms with van der Waals surface area (Å²) in [6.07, 6.45) is 0. The van der Waals surface area contributed by atoms with Gasteiger partial charge in [0.05, 0.1) is 7.11 Å². The maximum Gasteiger partial charge on any atom is 0.121 e. The van der Waals surface area contributed by atoms with E-state index in [2.05, 4.69) is 42.3 Å². The van der Waals surface area contributed by atoms with Crippen molar-refractivity contribution in [3.8, 4) is 5.75 Å². The Kier molecular flexibility index (Phi) is 4.02. The maximum absolute atomic E-state index is 5.29. The molecule has 2 rings (SSSR count). The fourth-order valence-corrected chi connectivity index (χ4v) is 2.30. The first-order valence-corrected chi connectivity index (χ1v) is 6.33. The van der Waals surface area contributed by atoms with Gasteiger partial charge in [0.1, 0.15) is 5.75 Å². The van der Waals surface area contributed by atoms with Crippen LogP contribution in [0, 0.1) is 6.92 Å². The van der Waals surface area contributed by atoms with Gasteiger partial charge in [0.15, 0.2) is 0 Å². The van der Waals surface area contributed by atoms with Crippen molar-refractivity contribution in [2.75, 3.05) is 26.7 Å². The van der Waals surface area contributed by atoms with Gasteiger partial charge in [0, 0.05) is 25.7 Å². The first kappa shape index (κ1) is 12.4. The molecular weight excluding hydrogens is 212 g/mol. The molecule has 3 nitrogen and oxygen atoms in total. The average molecular weight is 234 g/mol. The number of nitrogens with zero attached hydrogens (tertiary/aromatic N) is 1. The smallest absolute Gasteiger partial charge is 0.121 e. The van der Waals surface area contributed by atoms with Crippen molar-refractivity contribution in [2.24, 2.45) is 0 Å². The molecule has 0 atom stereocenters. The van der Waals surface area contributed by atoms with Gasteiger partial charge in [-0.1, -0.05) is 19.1 Å². The summed E-state index contributed by atoms with van der Waals surface area (Å²) in [6.45, 7) is 8.73. The molecule has 0 radical (unpaired) electrons.